The van der Waals surface area contributed by atoms with Gasteiger partial charge in [0.2, 0.25) is 5.91 Å². The number of hydrogen-bond acceptors (Lipinski definition) is 5. The Morgan fingerprint density at radius 1 is 0.760 bits per heavy atom. The fourth-order valence-electron chi connectivity index (χ4n) is 7.05. The van der Waals surface area contributed by atoms with Gasteiger partial charge >= 0.3 is 0 Å². The Bertz CT molecular complexity index is 1950. The van der Waals surface area contributed by atoms with Gasteiger partial charge < -0.3 is 20.0 Å². The first-order chi connectivity index (χ1) is 24.2. The van der Waals surface area contributed by atoms with Gasteiger partial charge in [0.1, 0.15) is 11.4 Å². The van der Waals surface area contributed by atoms with Crippen LogP contribution < -0.4 is 5.32 Å². The first-order valence-corrected chi connectivity index (χ1v) is 17.9. The lowest BCUT2D eigenvalue weighted by molar-refractivity contribution is -0.134. The van der Waals surface area contributed by atoms with Crippen molar-refractivity contribution in [3.05, 3.63) is 108 Å². The predicted molar refractivity (Wildman–Crippen MR) is 196 cm³/mol. The summed E-state index contributed by atoms with van der Waals surface area (Å²) in [5.41, 5.74) is 3.81. The minimum absolute atomic E-state index is 0.0386. The highest BCUT2D eigenvalue weighted by molar-refractivity contribution is 5.98. The lowest BCUT2D eigenvalue weighted by Gasteiger charge is -2.24. The molecule has 3 N–H and O–H groups in total. The highest BCUT2D eigenvalue weighted by Crippen LogP contribution is 2.33. The molecule has 4 atom stereocenters. The van der Waals surface area contributed by atoms with Gasteiger partial charge in [-0.2, -0.15) is 0 Å². The third kappa shape index (κ3) is 8.48. The zero-order chi connectivity index (χ0) is 35.1. The van der Waals surface area contributed by atoms with Crippen LogP contribution in [0.5, 0.6) is 0 Å². The Morgan fingerprint density at radius 3 is 1.98 bits per heavy atom. The molecule has 260 valence electrons. The molecule has 8 nitrogen and oxygen atoms in total. The second-order valence-electron chi connectivity index (χ2n) is 14.0. The number of fused-ring (bicyclic) bond motifs is 2. The maximum Gasteiger partial charge on any atom is 0.224 e. The van der Waals surface area contributed by atoms with Gasteiger partial charge in [0, 0.05) is 71.7 Å². The van der Waals surface area contributed by atoms with Crippen LogP contribution >= 0.6 is 0 Å². The number of aromatic amines is 2. The van der Waals surface area contributed by atoms with Crippen molar-refractivity contribution in [2.24, 2.45) is 11.8 Å². The van der Waals surface area contributed by atoms with E-state index in [2.05, 4.69) is 22.2 Å². The lowest BCUT2D eigenvalue weighted by Crippen LogP contribution is -2.47. The second-order valence-corrected chi connectivity index (χ2v) is 14.0. The minimum Gasteiger partial charge on any atom is -0.362 e. The third-order valence-corrected chi connectivity index (χ3v) is 10.1. The van der Waals surface area contributed by atoms with Gasteiger partial charge in [0.05, 0.1) is 12.6 Å². The van der Waals surface area contributed by atoms with Crippen molar-refractivity contribution in [3.63, 3.8) is 0 Å². The van der Waals surface area contributed by atoms with Crippen LogP contribution in [0.1, 0.15) is 69.1 Å². The molecular weight excluding hydrogens is 626 g/mol. The highest BCUT2D eigenvalue weighted by Gasteiger charge is 2.50. The number of rotatable bonds is 19. The zero-order valence-corrected chi connectivity index (χ0v) is 29.0. The summed E-state index contributed by atoms with van der Waals surface area (Å²) in [4.78, 5) is 62.3. The van der Waals surface area contributed by atoms with E-state index < -0.39 is 23.5 Å². The minimum atomic E-state index is -0.902. The summed E-state index contributed by atoms with van der Waals surface area (Å²) in [6, 6.07) is 24.5. The van der Waals surface area contributed by atoms with Crippen LogP contribution in [0.15, 0.2) is 91.3 Å². The SMILES string of the molecule is CCCCCC(=O)C[C@@H](Cc1c[nH]c2ccccc12)C(=O)N[C@@H](Cc1c[nH]c2ccccc12)C(=O)C[C@@H](Cc1ccccc1)C(=O)[C@@]1(C)CO1. The number of H-pyrrole nitrogens is 2. The number of unbranched alkanes of at least 4 members (excludes halogenated alkanes) is 2. The Kier molecular flexibility index (Phi) is 11.1. The number of benzene rings is 3. The maximum absolute atomic E-state index is 14.4. The van der Waals surface area contributed by atoms with Gasteiger partial charge in [0.25, 0.3) is 0 Å². The van der Waals surface area contributed by atoms with Gasteiger partial charge in [-0.1, -0.05) is 86.5 Å². The molecule has 1 amide bonds. The van der Waals surface area contributed by atoms with Gasteiger partial charge in [-0.05, 0) is 55.0 Å². The predicted octanol–water partition coefficient (Wildman–Crippen LogP) is 7.25. The summed E-state index contributed by atoms with van der Waals surface area (Å²) in [7, 11) is 0. The van der Waals surface area contributed by atoms with Crippen LogP contribution in [0.2, 0.25) is 0 Å². The van der Waals surface area contributed by atoms with Crippen LogP contribution in [0.3, 0.4) is 0 Å². The molecule has 1 saturated heterocycles. The van der Waals surface area contributed by atoms with E-state index in [0.717, 1.165) is 57.8 Å². The summed E-state index contributed by atoms with van der Waals surface area (Å²) in [6.07, 6.45) is 8.01. The van der Waals surface area contributed by atoms with Crippen molar-refractivity contribution in [1.29, 1.82) is 0 Å². The van der Waals surface area contributed by atoms with Gasteiger partial charge in [-0.3, -0.25) is 19.2 Å². The van der Waals surface area contributed by atoms with Crippen molar-refractivity contribution in [1.82, 2.24) is 15.3 Å². The summed E-state index contributed by atoms with van der Waals surface area (Å²) in [6.45, 7) is 4.21. The lowest BCUT2D eigenvalue weighted by atomic mass is 9.83. The van der Waals surface area contributed by atoms with Crippen LogP contribution in [0.25, 0.3) is 21.8 Å². The number of aromatic nitrogens is 2. The number of ketones is 3. The third-order valence-electron chi connectivity index (χ3n) is 10.1. The molecule has 3 aromatic carbocycles. The van der Waals surface area contributed by atoms with E-state index in [0.29, 0.717) is 25.9 Å². The first kappa shape index (κ1) is 35.0. The topological polar surface area (TPSA) is 124 Å². The average molecular weight is 674 g/mol. The van der Waals surface area contributed by atoms with Crippen molar-refractivity contribution in [2.75, 3.05) is 6.61 Å². The molecule has 6 rings (SSSR count). The van der Waals surface area contributed by atoms with Gasteiger partial charge in [-0.15, -0.1) is 0 Å². The second kappa shape index (κ2) is 15.8. The van der Waals surface area contributed by atoms with Crippen LogP contribution in [-0.2, 0) is 43.2 Å². The molecule has 3 heterocycles. The molecule has 0 unspecified atom stereocenters. The molecule has 1 aliphatic heterocycles. The smallest absolute Gasteiger partial charge is 0.224 e. The fourth-order valence-corrected chi connectivity index (χ4v) is 7.05. The highest BCUT2D eigenvalue weighted by atomic mass is 16.6. The number of Topliss-reactive ketones (excluding diaryl/α,β-unsaturated/α-hetero) is 3. The zero-order valence-electron chi connectivity index (χ0n) is 29.0. The number of ether oxygens (including phenoxy) is 1. The monoisotopic (exact) mass is 673 g/mol. The normalized spacial score (nSPS) is 17.3. The Balaban J connectivity index is 1.28. The summed E-state index contributed by atoms with van der Waals surface area (Å²) >= 11 is 0. The van der Waals surface area contributed by atoms with Crippen LogP contribution in [0.4, 0.5) is 0 Å². The van der Waals surface area contributed by atoms with Crippen molar-refractivity contribution in [3.8, 4) is 0 Å². The van der Waals surface area contributed by atoms with Crippen LogP contribution in [-0.4, -0.2) is 51.5 Å². The number of amides is 1. The molecule has 0 radical (unpaired) electrons. The molecule has 8 heteroatoms. The number of carbonyl (C=O) groups excluding carboxylic acids is 4. The van der Waals surface area contributed by atoms with Crippen molar-refractivity contribution < 1.29 is 23.9 Å². The molecule has 0 saturated carbocycles. The van der Waals surface area contributed by atoms with Crippen molar-refractivity contribution >= 4 is 45.1 Å². The van der Waals surface area contributed by atoms with E-state index in [4.69, 9.17) is 4.74 Å². The van der Waals surface area contributed by atoms with Crippen LogP contribution in [0, 0.1) is 11.8 Å². The summed E-state index contributed by atoms with van der Waals surface area (Å²) in [5, 5.41) is 5.09. The van der Waals surface area contributed by atoms with Gasteiger partial charge in [-0.25, -0.2) is 0 Å². The molecule has 0 aliphatic carbocycles. The van der Waals surface area contributed by atoms with E-state index in [9.17, 15) is 19.2 Å². The van der Waals surface area contributed by atoms with Crippen molar-refractivity contribution in [2.45, 2.75) is 83.3 Å². The standard InChI is InChI=1S/C42H47N3O5/c1-3-4-6-15-33(46)22-30(21-31-25-43-36-18-11-9-16-34(31)36)41(49)45-38(23-32-26-44-37-19-12-10-17-35(32)37)39(47)24-29(40(48)42(2)27-50-42)20-28-13-7-5-8-14-28/h5,7-14,16-19,25-26,29-30,38,43-44H,3-4,6,15,20-24,27H2,1-2H3,(H,45,49)/t29-,30-,38+,42-/m1/s1. The fraction of sp³-hybridized carbons (Fsp3) is 0.381. The quantitative estimate of drug-likeness (QED) is 0.0629. The molecule has 50 heavy (non-hydrogen) atoms. The number of carbonyl (C=O) groups is 4. The maximum atomic E-state index is 14.4. The number of nitrogens with one attached hydrogen (secondary N) is 3. The van der Waals surface area contributed by atoms with Gasteiger partial charge in [0.15, 0.2) is 11.6 Å². The van der Waals surface area contributed by atoms with E-state index >= 15 is 0 Å². The largest absolute Gasteiger partial charge is 0.362 e. The molecule has 0 bridgehead atoms. The molecule has 1 fully saturated rings. The Morgan fingerprint density at radius 2 is 1.36 bits per heavy atom. The average Bonchev–Trinajstić information content (AvgIpc) is 3.55. The molecule has 0 spiro atoms. The molecule has 1 aliphatic rings. The van der Waals surface area contributed by atoms with E-state index in [1.807, 2.05) is 91.3 Å². The van der Waals surface area contributed by atoms with E-state index in [-0.39, 0.29) is 42.5 Å². The number of hydrogen-bond donors (Lipinski definition) is 3. The molecule has 5 aromatic rings. The molecule has 2 aromatic heterocycles. The number of epoxide rings is 1. The molecular formula is C42H47N3O5. The Hall–Kier alpha value is -4.82. The van der Waals surface area contributed by atoms with E-state index in [1.54, 1.807) is 6.92 Å². The Labute approximate surface area is 293 Å². The summed E-state index contributed by atoms with van der Waals surface area (Å²) < 4.78 is 5.53. The van der Waals surface area contributed by atoms with E-state index in [1.165, 1.54) is 0 Å². The first-order valence-electron chi connectivity index (χ1n) is 17.9. The number of para-hydroxylation sites is 2. The summed E-state index contributed by atoms with van der Waals surface area (Å²) in [5.74, 6) is -1.88.